The molecule has 0 aliphatic rings. The van der Waals surface area contributed by atoms with Gasteiger partial charge < -0.3 is 5.11 Å². The molecule has 0 fully saturated rings. The molecule has 0 bridgehead atoms. The van der Waals surface area contributed by atoms with E-state index in [9.17, 15) is 5.11 Å². The first-order valence-electron chi connectivity index (χ1n) is 3.89. The van der Waals surface area contributed by atoms with Crippen LogP contribution in [-0.4, -0.2) is 5.11 Å². The maximum atomic E-state index is 9.59. The lowest BCUT2D eigenvalue weighted by atomic mass is 10.1. The zero-order valence-electron chi connectivity index (χ0n) is 7.00. The second kappa shape index (κ2) is 4.66. The average molecular weight is 217 g/mol. The first kappa shape index (κ1) is 10.6. The Bertz CT molecular complexity index is 310. The first-order chi connectivity index (χ1) is 6.15. The van der Waals surface area contributed by atoms with Crippen molar-refractivity contribution in [1.82, 2.24) is 0 Å². The summed E-state index contributed by atoms with van der Waals surface area (Å²) in [4.78, 5) is 0. The Labute approximate surface area is 87.6 Å². The fraction of sp³-hybridized carbons (Fsp3) is 0.200. The fourth-order valence-corrected chi connectivity index (χ4v) is 1.59. The van der Waals surface area contributed by atoms with Gasteiger partial charge in [0.25, 0.3) is 0 Å². The number of aliphatic hydroxyl groups excluding tert-OH is 1. The molecule has 0 spiro atoms. The van der Waals surface area contributed by atoms with E-state index in [1.165, 1.54) is 0 Å². The number of hydrogen-bond acceptors (Lipinski definition) is 1. The lowest BCUT2D eigenvalue weighted by Gasteiger charge is -2.10. The van der Waals surface area contributed by atoms with Crippen LogP contribution in [0, 0.1) is 0 Å². The van der Waals surface area contributed by atoms with Gasteiger partial charge in [-0.15, -0.1) is 6.58 Å². The molecule has 1 aromatic rings. The van der Waals surface area contributed by atoms with Crippen LogP contribution in [0.5, 0.6) is 0 Å². The summed E-state index contributed by atoms with van der Waals surface area (Å²) in [5.41, 5.74) is 0.686. The van der Waals surface area contributed by atoms with E-state index < -0.39 is 6.10 Å². The first-order valence-corrected chi connectivity index (χ1v) is 4.64. The molecule has 1 atom stereocenters. The summed E-state index contributed by atoms with van der Waals surface area (Å²) in [6.45, 7) is 3.54. The average Bonchev–Trinajstić information content (AvgIpc) is 2.04. The Kier molecular flexibility index (Phi) is 3.79. The predicted octanol–water partition coefficient (Wildman–Crippen LogP) is 3.60. The van der Waals surface area contributed by atoms with Crippen molar-refractivity contribution in [3.05, 3.63) is 46.5 Å². The predicted molar refractivity (Wildman–Crippen MR) is 56.2 cm³/mol. The maximum Gasteiger partial charge on any atom is 0.0838 e. The molecule has 0 aliphatic carbocycles. The topological polar surface area (TPSA) is 20.2 Å². The maximum absolute atomic E-state index is 9.59. The summed E-state index contributed by atoms with van der Waals surface area (Å²) in [6, 6.07) is 5.04. The van der Waals surface area contributed by atoms with E-state index in [0.717, 1.165) is 0 Å². The highest BCUT2D eigenvalue weighted by molar-refractivity contribution is 6.35. The minimum atomic E-state index is -0.595. The third kappa shape index (κ3) is 2.73. The third-order valence-corrected chi connectivity index (χ3v) is 2.27. The van der Waals surface area contributed by atoms with E-state index in [1.54, 1.807) is 24.3 Å². The molecule has 0 aromatic heterocycles. The molecule has 0 saturated heterocycles. The summed E-state index contributed by atoms with van der Waals surface area (Å²) < 4.78 is 0. The second-order valence-electron chi connectivity index (χ2n) is 2.71. The molecule has 1 rings (SSSR count). The van der Waals surface area contributed by atoms with Gasteiger partial charge in [0.1, 0.15) is 0 Å². The van der Waals surface area contributed by atoms with Crippen LogP contribution in [0.4, 0.5) is 0 Å². The van der Waals surface area contributed by atoms with E-state index in [-0.39, 0.29) is 0 Å². The third-order valence-electron chi connectivity index (χ3n) is 1.71. The van der Waals surface area contributed by atoms with Crippen LogP contribution in [0.1, 0.15) is 18.1 Å². The van der Waals surface area contributed by atoms with Crippen LogP contribution in [0.15, 0.2) is 30.9 Å². The Morgan fingerprint density at radius 1 is 1.46 bits per heavy atom. The zero-order chi connectivity index (χ0) is 9.84. The molecule has 1 nitrogen and oxygen atoms in total. The van der Waals surface area contributed by atoms with Crippen molar-refractivity contribution in [3.63, 3.8) is 0 Å². The van der Waals surface area contributed by atoms with Crippen molar-refractivity contribution in [2.75, 3.05) is 0 Å². The Hall–Kier alpha value is -0.500. The smallest absolute Gasteiger partial charge is 0.0838 e. The molecule has 70 valence electrons. The molecule has 0 saturated carbocycles. The molecule has 0 unspecified atom stereocenters. The largest absolute Gasteiger partial charge is 0.388 e. The van der Waals surface area contributed by atoms with Gasteiger partial charge in [-0.1, -0.05) is 35.3 Å². The van der Waals surface area contributed by atoms with Gasteiger partial charge in [0.15, 0.2) is 0 Å². The van der Waals surface area contributed by atoms with Crippen LogP contribution >= 0.6 is 23.2 Å². The molecule has 3 heteroatoms. The van der Waals surface area contributed by atoms with E-state index in [2.05, 4.69) is 6.58 Å². The van der Waals surface area contributed by atoms with E-state index >= 15 is 0 Å². The molecule has 1 aromatic carbocycles. The second-order valence-corrected chi connectivity index (χ2v) is 3.55. The van der Waals surface area contributed by atoms with Crippen LogP contribution in [-0.2, 0) is 0 Å². The molecule has 0 heterocycles. The number of rotatable bonds is 3. The van der Waals surface area contributed by atoms with Gasteiger partial charge >= 0.3 is 0 Å². The standard InChI is InChI=1S/C10H10Cl2O/c1-2-3-10(13)8-5-4-7(11)6-9(8)12/h2,4-6,10,13H,1,3H2/t10-/m0/s1. The van der Waals surface area contributed by atoms with Gasteiger partial charge in [0.2, 0.25) is 0 Å². The Morgan fingerprint density at radius 3 is 2.69 bits per heavy atom. The van der Waals surface area contributed by atoms with Crippen LogP contribution in [0.2, 0.25) is 10.0 Å². The number of aliphatic hydroxyl groups is 1. The fourth-order valence-electron chi connectivity index (χ4n) is 1.06. The SMILES string of the molecule is C=CC[C@H](O)c1ccc(Cl)cc1Cl. The molecule has 0 aliphatic heterocycles. The normalized spacial score (nSPS) is 12.5. The minimum Gasteiger partial charge on any atom is -0.388 e. The molecular weight excluding hydrogens is 207 g/mol. The Balaban J connectivity index is 2.94. The summed E-state index contributed by atoms with van der Waals surface area (Å²) in [5, 5.41) is 10.7. The summed E-state index contributed by atoms with van der Waals surface area (Å²) in [6.07, 6.45) is 1.54. The van der Waals surface area contributed by atoms with Gasteiger partial charge in [-0.2, -0.15) is 0 Å². The number of hydrogen-bond donors (Lipinski definition) is 1. The highest BCUT2D eigenvalue weighted by Gasteiger charge is 2.09. The van der Waals surface area contributed by atoms with E-state index in [0.29, 0.717) is 22.0 Å². The van der Waals surface area contributed by atoms with Gasteiger partial charge in [0.05, 0.1) is 6.10 Å². The van der Waals surface area contributed by atoms with Crippen LogP contribution < -0.4 is 0 Å². The summed E-state index contributed by atoms with van der Waals surface area (Å²) in [5.74, 6) is 0. The summed E-state index contributed by atoms with van der Waals surface area (Å²) >= 11 is 11.6. The number of halogens is 2. The van der Waals surface area contributed by atoms with Crippen molar-refractivity contribution in [2.24, 2.45) is 0 Å². The van der Waals surface area contributed by atoms with Gasteiger partial charge in [0, 0.05) is 10.0 Å². The van der Waals surface area contributed by atoms with Crippen LogP contribution in [0.25, 0.3) is 0 Å². The van der Waals surface area contributed by atoms with Gasteiger partial charge in [-0.25, -0.2) is 0 Å². The highest BCUT2D eigenvalue weighted by Crippen LogP contribution is 2.27. The van der Waals surface area contributed by atoms with Crippen LogP contribution in [0.3, 0.4) is 0 Å². The summed E-state index contributed by atoms with van der Waals surface area (Å²) in [7, 11) is 0. The molecular formula is C10H10Cl2O. The Morgan fingerprint density at radius 2 is 2.15 bits per heavy atom. The van der Waals surface area contributed by atoms with Crippen molar-refractivity contribution in [1.29, 1.82) is 0 Å². The quantitative estimate of drug-likeness (QED) is 0.767. The molecule has 1 N–H and O–H groups in total. The van der Waals surface area contributed by atoms with Crippen molar-refractivity contribution < 1.29 is 5.11 Å². The lowest BCUT2D eigenvalue weighted by Crippen LogP contribution is -1.96. The minimum absolute atomic E-state index is 0.487. The van der Waals surface area contributed by atoms with Gasteiger partial charge in [-0.3, -0.25) is 0 Å². The monoisotopic (exact) mass is 216 g/mol. The van der Waals surface area contributed by atoms with Crippen molar-refractivity contribution in [3.8, 4) is 0 Å². The highest BCUT2D eigenvalue weighted by atomic mass is 35.5. The van der Waals surface area contributed by atoms with Gasteiger partial charge in [-0.05, 0) is 24.1 Å². The van der Waals surface area contributed by atoms with Crippen molar-refractivity contribution >= 4 is 23.2 Å². The van der Waals surface area contributed by atoms with E-state index in [4.69, 9.17) is 23.2 Å². The molecule has 0 amide bonds. The zero-order valence-corrected chi connectivity index (χ0v) is 8.52. The lowest BCUT2D eigenvalue weighted by molar-refractivity contribution is 0.182. The molecule has 13 heavy (non-hydrogen) atoms. The van der Waals surface area contributed by atoms with Crippen molar-refractivity contribution in [2.45, 2.75) is 12.5 Å². The molecule has 0 radical (unpaired) electrons. The van der Waals surface area contributed by atoms with E-state index in [1.807, 2.05) is 0 Å². The number of benzene rings is 1.